The number of hydrogen-bond acceptors (Lipinski definition) is 4. The Morgan fingerprint density at radius 3 is 2.63 bits per heavy atom. The summed E-state index contributed by atoms with van der Waals surface area (Å²) in [5.41, 5.74) is 5.20. The molecule has 0 aliphatic carbocycles. The number of hydrogen-bond donors (Lipinski definition) is 2. The van der Waals surface area contributed by atoms with Gasteiger partial charge in [0.05, 0.1) is 19.7 Å². The number of methoxy groups -OCH3 is 2. The van der Waals surface area contributed by atoms with Crippen molar-refractivity contribution in [3.63, 3.8) is 0 Å². The molecule has 0 aliphatic heterocycles. The van der Waals surface area contributed by atoms with Crippen LogP contribution >= 0.6 is 0 Å². The highest BCUT2D eigenvalue weighted by Crippen LogP contribution is 2.38. The van der Waals surface area contributed by atoms with Gasteiger partial charge in [-0.25, -0.2) is 4.98 Å². The summed E-state index contributed by atoms with van der Waals surface area (Å²) in [6, 6.07) is 8.16. The van der Waals surface area contributed by atoms with Crippen molar-refractivity contribution < 1.29 is 14.6 Å². The predicted molar refractivity (Wildman–Crippen MR) is 107 cm³/mol. The van der Waals surface area contributed by atoms with Crippen LogP contribution in [0.5, 0.6) is 11.5 Å². The van der Waals surface area contributed by atoms with Crippen LogP contribution in [0.3, 0.4) is 0 Å². The van der Waals surface area contributed by atoms with E-state index in [0.717, 1.165) is 46.0 Å². The Labute approximate surface area is 157 Å². The number of fused-ring (bicyclic) bond motifs is 2. The van der Waals surface area contributed by atoms with Crippen LogP contribution in [0.4, 0.5) is 0 Å². The molecule has 0 fully saturated rings. The molecule has 0 aliphatic rings. The number of ether oxygens (including phenoxy) is 2. The van der Waals surface area contributed by atoms with Gasteiger partial charge in [-0.2, -0.15) is 0 Å². The largest absolute Gasteiger partial charge is 0.493 e. The van der Waals surface area contributed by atoms with Crippen LogP contribution < -0.4 is 9.47 Å². The minimum atomic E-state index is 0.187. The number of aromatic amines is 1. The third kappa shape index (κ3) is 2.92. The van der Waals surface area contributed by atoms with Gasteiger partial charge in [0.25, 0.3) is 0 Å². The summed E-state index contributed by atoms with van der Waals surface area (Å²) in [7, 11) is 5.31. The second-order valence-corrected chi connectivity index (χ2v) is 6.62. The number of nitrogens with zero attached hydrogens (tertiary/aromatic N) is 2. The maximum absolute atomic E-state index is 9.15. The summed E-state index contributed by atoms with van der Waals surface area (Å²) in [6.45, 7) is 0.187. The molecule has 0 unspecified atom stereocenters. The maximum atomic E-state index is 9.15. The third-order valence-electron chi connectivity index (χ3n) is 5.01. The molecule has 0 saturated heterocycles. The van der Waals surface area contributed by atoms with Gasteiger partial charge in [-0.05, 0) is 36.6 Å². The van der Waals surface area contributed by atoms with Gasteiger partial charge in [0.15, 0.2) is 11.5 Å². The molecule has 1 aromatic carbocycles. The standard InChI is InChI=1S/C21H23N3O3/c1-24-12-16(15-10-19(26-2)20(27-3)11-18(15)24)17-9-14-13(5-4-8-25)6-7-22-21(14)23-17/h6-7,9-12,25H,4-5,8H2,1-3H3,(H,22,23). The average molecular weight is 365 g/mol. The number of aliphatic hydroxyl groups excluding tert-OH is 1. The van der Waals surface area contributed by atoms with E-state index < -0.39 is 0 Å². The molecule has 3 heterocycles. The van der Waals surface area contributed by atoms with Crippen molar-refractivity contribution in [3.8, 4) is 22.8 Å². The summed E-state index contributed by atoms with van der Waals surface area (Å²) in [6.07, 6.45) is 5.48. The molecule has 0 atom stereocenters. The summed E-state index contributed by atoms with van der Waals surface area (Å²) in [4.78, 5) is 7.92. The molecule has 6 nitrogen and oxygen atoms in total. The number of nitrogens with one attached hydrogen (secondary N) is 1. The van der Waals surface area contributed by atoms with Crippen molar-refractivity contribution in [3.05, 3.63) is 42.2 Å². The van der Waals surface area contributed by atoms with Crippen molar-refractivity contribution in [2.45, 2.75) is 12.8 Å². The van der Waals surface area contributed by atoms with Gasteiger partial charge >= 0.3 is 0 Å². The van der Waals surface area contributed by atoms with E-state index in [2.05, 4.69) is 26.8 Å². The first kappa shape index (κ1) is 17.4. The van der Waals surface area contributed by atoms with Crippen LogP contribution in [0.1, 0.15) is 12.0 Å². The van der Waals surface area contributed by atoms with Crippen molar-refractivity contribution in [1.29, 1.82) is 0 Å². The fourth-order valence-corrected chi connectivity index (χ4v) is 3.64. The molecular formula is C21H23N3O3. The lowest BCUT2D eigenvalue weighted by Gasteiger charge is -2.08. The lowest BCUT2D eigenvalue weighted by molar-refractivity contribution is 0.289. The van der Waals surface area contributed by atoms with E-state index in [4.69, 9.17) is 14.6 Å². The zero-order valence-electron chi connectivity index (χ0n) is 15.7. The Hall–Kier alpha value is -2.99. The molecule has 4 aromatic rings. The monoisotopic (exact) mass is 365 g/mol. The third-order valence-corrected chi connectivity index (χ3v) is 5.01. The summed E-state index contributed by atoms with van der Waals surface area (Å²) in [5, 5.41) is 11.3. The molecule has 6 heteroatoms. The van der Waals surface area contributed by atoms with Crippen LogP contribution in [-0.2, 0) is 13.5 Å². The highest BCUT2D eigenvalue weighted by Gasteiger charge is 2.16. The molecule has 2 N–H and O–H groups in total. The number of rotatable bonds is 6. The van der Waals surface area contributed by atoms with Gasteiger partial charge in [0.2, 0.25) is 0 Å². The predicted octanol–water partition coefficient (Wildman–Crippen LogP) is 3.66. The molecule has 140 valence electrons. The lowest BCUT2D eigenvalue weighted by atomic mass is 10.1. The molecular weight excluding hydrogens is 342 g/mol. The van der Waals surface area contributed by atoms with Crippen molar-refractivity contribution in [2.75, 3.05) is 20.8 Å². The topological polar surface area (TPSA) is 72.3 Å². The highest BCUT2D eigenvalue weighted by molar-refractivity contribution is 5.99. The molecule has 27 heavy (non-hydrogen) atoms. The van der Waals surface area contributed by atoms with Gasteiger partial charge < -0.3 is 24.1 Å². The molecule has 3 aromatic heterocycles. The number of H-pyrrole nitrogens is 1. The van der Waals surface area contributed by atoms with E-state index in [0.29, 0.717) is 11.5 Å². The van der Waals surface area contributed by atoms with Gasteiger partial charge in [-0.3, -0.25) is 0 Å². The Morgan fingerprint density at radius 1 is 1.11 bits per heavy atom. The molecule has 4 rings (SSSR count). The second-order valence-electron chi connectivity index (χ2n) is 6.62. The number of pyridine rings is 1. The highest BCUT2D eigenvalue weighted by atomic mass is 16.5. The zero-order chi connectivity index (χ0) is 19.0. The Morgan fingerprint density at radius 2 is 1.89 bits per heavy atom. The quantitative estimate of drug-likeness (QED) is 0.547. The van der Waals surface area contributed by atoms with Crippen LogP contribution in [0, 0.1) is 0 Å². The summed E-state index contributed by atoms with van der Waals surface area (Å²) >= 11 is 0. The number of benzene rings is 1. The smallest absolute Gasteiger partial charge is 0.162 e. The van der Waals surface area contributed by atoms with E-state index in [1.165, 1.54) is 5.56 Å². The lowest BCUT2D eigenvalue weighted by Crippen LogP contribution is -1.91. The van der Waals surface area contributed by atoms with E-state index >= 15 is 0 Å². The minimum Gasteiger partial charge on any atom is -0.493 e. The number of aryl methyl sites for hydroxylation is 2. The minimum absolute atomic E-state index is 0.187. The SMILES string of the molecule is COc1cc2c(-c3cc4c(CCCO)ccnc4[nH]3)cn(C)c2cc1OC. The van der Waals surface area contributed by atoms with Crippen LogP contribution in [0.15, 0.2) is 36.7 Å². The first-order valence-electron chi connectivity index (χ1n) is 8.95. The van der Waals surface area contributed by atoms with E-state index in [1.54, 1.807) is 14.2 Å². The summed E-state index contributed by atoms with van der Waals surface area (Å²) < 4.78 is 13.0. The van der Waals surface area contributed by atoms with Crippen LogP contribution in [0.2, 0.25) is 0 Å². The zero-order valence-corrected chi connectivity index (χ0v) is 15.7. The van der Waals surface area contributed by atoms with Crippen LogP contribution in [0.25, 0.3) is 33.2 Å². The first-order valence-corrected chi connectivity index (χ1v) is 8.95. The van der Waals surface area contributed by atoms with Crippen molar-refractivity contribution >= 4 is 21.9 Å². The molecule has 0 radical (unpaired) electrons. The van der Waals surface area contributed by atoms with E-state index in [9.17, 15) is 0 Å². The Balaban J connectivity index is 1.89. The Kier molecular flexibility index (Phi) is 4.49. The maximum Gasteiger partial charge on any atom is 0.162 e. The second kappa shape index (κ2) is 6.96. The molecule has 0 saturated carbocycles. The van der Waals surface area contributed by atoms with Gasteiger partial charge in [0.1, 0.15) is 5.65 Å². The molecule has 0 spiro atoms. The Bertz CT molecular complexity index is 1110. The number of aromatic nitrogens is 3. The van der Waals surface area contributed by atoms with Crippen molar-refractivity contribution in [1.82, 2.24) is 14.5 Å². The fraction of sp³-hybridized carbons (Fsp3) is 0.286. The number of aliphatic hydroxyl groups is 1. The molecule has 0 amide bonds. The van der Waals surface area contributed by atoms with Gasteiger partial charge in [-0.1, -0.05) is 0 Å². The van der Waals surface area contributed by atoms with Crippen LogP contribution in [-0.4, -0.2) is 40.5 Å². The van der Waals surface area contributed by atoms with E-state index in [-0.39, 0.29) is 6.61 Å². The van der Waals surface area contributed by atoms with E-state index in [1.807, 2.05) is 31.4 Å². The average Bonchev–Trinajstić information content (AvgIpc) is 3.26. The van der Waals surface area contributed by atoms with Gasteiger partial charge in [0, 0.05) is 54.1 Å². The molecule has 0 bridgehead atoms. The van der Waals surface area contributed by atoms with Gasteiger partial charge in [-0.15, -0.1) is 0 Å². The fourth-order valence-electron chi connectivity index (χ4n) is 3.64. The normalized spacial score (nSPS) is 11.4. The summed E-state index contributed by atoms with van der Waals surface area (Å²) in [5.74, 6) is 1.41. The first-order chi connectivity index (χ1) is 13.2. The van der Waals surface area contributed by atoms with Crippen molar-refractivity contribution in [2.24, 2.45) is 7.05 Å².